The Morgan fingerprint density at radius 2 is 0.986 bits per heavy atom. The Hall–Kier alpha value is -8.26. The maximum atomic E-state index is 11.3. The highest BCUT2D eigenvalue weighted by Gasteiger charge is 2.30. The zero-order valence-electron chi connectivity index (χ0n) is 37.2. The molecule has 0 bridgehead atoms. The SMILES string of the molecule is CS(=O)(=O)c1nn2ccccc2c1[N+](=O)[O-].CSc1nn2ccccc2c1[N+](=O)[O-].Cl.Cl.N[n+]1ccccc1.Nc1c(-n2ccnc2)nn2ccccc12.O=[N+]([O-])c1c(-n2ccnc2)nn2ccccc12.[I-]. The van der Waals surface area contributed by atoms with Crippen LogP contribution in [0.15, 0.2) is 176 Å². The van der Waals surface area contributed by atoms with E-state index >= 15 is 0 Å². The van der Waals surface area contributed by atoms with Gasteiger partial charge in [0.05, 0.1) is 20.3 Å². The van der Waals surface area contributed by atoms with Crippen LogP contribution in [0.1, 0.15) is 0 Å². The van der Waals surface area contributed by atoms with E-state index in [1.165, 1.54) is 53.1 Å². The molecule has 0 aromatic carbocycles. The van der Waals surface area contributed by atoms with E-state index in [1.54, 1.807) is 114 Å². The molecule has 4 N–H and O–H groups in total. The van der Waals surface area contributed by atoms with Gasteiger partial charge in [-0.25, -0.2) is 42.3 Å². The number of thioether (sulfide) groups is 1. The molecule has 31 heteroatoms. The second-order valence-electron chi connectivity index (χ2n) is 13.8. The number of rotatable bonds is 7. The van der Waals surface area contributed by atoms with Gasteiger partial charge in [0, 0.05) is 68.0 Å². The van der Waals surface area contributed by atoms with Gasteiger partial charge in [-0.2, -0.15) is 5.10 Å². The molecule has 11 aromatic rings. The summed E-state index contributed by atoms with van der Waals surface area (Å²) in [5.41, 5.74) is 8.29. The van der Waals surface area contributed by atoms with Gasteiger partial charge in [0.15, 0.2) is 23.2 Å². The van der Waals surface area contributed by atoms with Crippen LogP contribution in [0.3, 0.4) is 0 Å². The fraction of sp³-hybridized carbons (Fsp3) is 0.0488. The molecule has 0 saturated carbocycles. The lowest BCUT2D eigenvalue weighted by Gasteiger charge is -1.95. The Morgan fingerprint density at radius 1 is 0.569 bits per heavy atom. The first-order valence-corrected chi connectivity index (χ1v) is 22.8. The molecule has 0 aliphatic rings. The number of halogens is 3. The quantitative estimate of drug-likeness (QED) is 0.0578. The highest BCUT2D eigenvalue weighted by atomic mass is 127. The molecule has 11 aromatic heterocycles. The summed E-state index contributed by atoms with van der Waals surface area (Å²) in [6.07, 6.45) is 22.8. The summed E-state index contributed by atoms with van der Waals surface area (Å²) in [5, 5.41) is 49.0. The van der Waals surface area contributed by atoms with Gasteiger partial charge in [-0.3, -0.25) is 39.5 Å². The van der Waals surface area contributed by atoms with E-state index in [4.69, 9.17) is 11.6 Å². The third-order valence-corrected chi connectivity index (χ3v) is 11.0. The molecule has 374 valence electrons. The maximum absolute atomic E-state index is 11.3. The number of sulfone groups is 1. The summed E-state index contributed by atoms with van der Waals surface area (Å²) < 4.78 is 33.4. The van der Waals surface area contributed by atoms with Crippen LogP contribution in [0.5, 0.6) is 0 Å². The van der Waals surface area contributed by atoms with Crippen LogP contribution in [0, 0.1) is 30.3 Å². The van der Waals surface area contributed by atoms with Crippen molar-refractivity contribution in [3.8, 4) is 11.6 Å². The molecular weight excluding hydrogens is 1130 g/mol. The second-order valence-corrected chi connectivity index (χ2v) is 16.6. The van der Waals surface area contributed by atoms with Gasteiger partial charge >= 0.3 is 17.1 Å². The number of nitro groups is 3. The molecular formula is C41H39Cl2IN18O8S2. The van der Waals surface area contributed by atoms with Crippen LogP contribution in [0.2, 0.25) is 0 Å². The third kappa shape index (κ3) is 12.7. The van der Waals surface area contributed by atoms with Crippen molar-refractivity contribution in [3.63, 3.8) is 0 Å². The van der Waals surface area contributed by atoms with E-state index in [2.05, 4.69) is 30.4 Å². The Kier molecular flexibility index (Phi) is 19.6. The molecule has 26 nitrogen and oxygen atoms in total. The van der Waals surface area contributed by atoms with Crippen molar-refractivity contribution >= 4 is 91.2 Å². The van der Waals surface area contributed by atoms with Crippen molar-refractivity contribution in [2.45, 2.75) is 10.1 Å². The number of fused-ring (bicyclic) bond motifs is 4. The number of hydrogen-bond acceptors (Lipinski definition) is 17. The number of aromatic nitrogens is 13. The molecule has 72 heavy (non-hydrogen) atoms. The first-order valence-electron chi connectivity index (χ1n) is 19.7. The smallest absolute Gasteiger partial charge is 0.339 e. The average molecular weight is 1170 g/mol. The number of nitrogens with zero attached hydrogens (tertiary/aromatic N) is 16. The minimum Gasteiger partial charge on any atom is -1.00 e. The summed E-state index contributed by atoms with van der Waals surface area (Å²) in [5.74, 6) is 6.24. The summed E-state index contributed by atoms with van der Waals surface area (Å²) >= 11 is 1.28. The summed E-state index contributed by atoms with van der Waals surface area (Å²) in [7, 11) is -3.71. The maximum Gasteiger partial charge on any atom is 0.339 e. The summed E-state index contributed by atoms with van der Waals surface area (Å²) in [6.45, 7) is 0. The molecule has 0 spiro atoms. The van der Waals surface area contributed by atoms with Crippen molar-refractivity contribution in [2.75, 3.05) is 24.1 Å². The number of nitrogens with two attached hydrogens (primary N) is 2. The molecule has 0 aliphatic heterocycles. The van der Waals surface area contributed by atoms with Gasteiger partial charge in [-0.1, -0.05) is 35.0 Å². The monoisotopic (exact) mass is 1170 g/mol. The second kappa shape index (κ2) is 25.0. The Bertz CT molecular complexity index is 3690. The van der Waals surface area contributed by atoms with Crippen molar-refractivity contribution < 1.29 is 51.8 Å². The van der Waals surface area contributed by atoms with Gasteiger partial charge in [0.1, 0.15) is 34.9 Å². The van der Waals surface area contributed by atoms with Crippen LogP contribution in [0.25, 0.3) is 33.7 Å². The zero-order valence-corrected chi connectivity index (χ0v) is 42.6. The van der Waals surface area contributed by atoms with E-state index in [0.29, 0.717) is 27.6 Å². The number of pyridine rings is 5. The topological polar surface area (TPSA) is 324 Å². The van der Waals surface area contributed by atoms with Gasteiger partial charge in [0.2, 0.25) is 15.7 Å². The van der Waals surface area contributed by atoms with Crippen molar-refractivity contribution in [3.05, 3.63) is 196 Å². The van der Waals surface area contributed by atoms with E-state index < -0.39 is 35.3 Å². The number of anilines is 1. The molecule has 0 unspecified atom stereocenters. The lowest BCUT2D eigenvalue weighted by Crippen LogP contribution is -3.00. The molecule has 0 saturated heterocycles. The molecule has 0 aliphatic carbocycles. The van der Waals surface area contributed by atoms with E-state index in [-0.39, 0.29) is 71.5 Å². The average Bonchev–Trinajstić information content (AvgIpc) is 4.21. The first-order chi connectivity index (χ1) is 33.2. The molecule has 0 amide bonds. The fourth-order valence-electron chi connectivity index (χ4n) is 6.36. The third-order valence-electron chi connectivity index (χ3n) is 9.35. The van der Waals surface area contributed by atoms with Gasteiger partial charge in [-0.05, 0) is 54.8 Å². The fourth-order valence-corrected chi connectivity index (χ4v) is 7.67. The molecule has 0 atom stereocenters. The lowest BCUT2D eigenvalue weighted by molar-refractivity contribution is -0.638. The van der Waals surface area contributed by atoms with Crippen molar-refractivity contribution in [1.29, 1.82) is 0 Å². The molecule has 0 radical (unpaired) electrons. The van der Waals surface area contributed by atoms with Crippen LogP contribution >= 0.6 is 36.6 Å². The first kappa shape index (κ1) is 56.3. The van der Waals surface area contributed by atoms with Crippen LogP contribution in [0.4, 0.5) is 22.7 Å². The predicted molar refractivity (Wildman–Crippen MR) is 266 cm³/mol. The number of imidazole rings is 2. The standard InChI is InChI=1S/C10H7N5O2.C10H9N5.C8H7N3O4S.C8H7N3O2S.C5H7N2.2ClH.HI/c16-15(17)9-8-3-1-2-5-14(8)12-10(9)13-6-4-11-7-13;11-9-8-3-1-2-5-15(8)13-10(9)14-6-4-12-7-14;1-16(14,15)8-7(11(12)13)6-4-2-3-5-10(6)9-8;1-14-8-7(11(12)13)6-4-2-3-5-10(6)9-8;6-7-4-2-1-3-5-7;;;/h1-7H;1-7H,11H2;2-5H,1H3;2-5H,1H3;1-5H,6H2;3*1H/q;;;;+1;;;/p-1. The van der Waals surface area contributed by atoms with E-state index in [9.17, 15) is 38.8 Å². The predicted octanol–water partition coefficient (Wildman–Crippen LogP) is 2.68. The Balaban J connectivity index is 0.000000197. The van der Waals surface area contributed by atoms with Gasteiger partial charge in [0.25, 0.3) is 5.03 Å². The summed E-state index contributed by atoms with van der Waals surface area (Å²) in [4.78, 5) is 39.0. The van der Waals surface area contributed by atoms with E-state index in [0.717, 1.165) is 11.8 Å². The molecule has 11 heterocycles. The van der Waals surface area contributed by atoms with Gasteiger partial charge < -0.3 is 29.7 Å². The van der Waals surface area contributed by atoms with E-state index in [1.807, 2.05) is 48.8 Å². The van der Waals surface area contributed by atoms with Crippen molar-refractivity contribution in [1.82, 2.24) is 57.6 Å². The number of hydrogen-bond donors (Lipinski definition) is 2. The van der Waals surface area contributed by atoms with Crippen LogP contribution < -0.4 is 40.2 Å². The molecule has 11 rings (SSSR count). The number of nitrogen functional groups attached to an aromatic ring is 2. The zero-order chi connectivity index (χ0) is 49.2. The minimum atomic E-state index is -3.71. The summed E-state index contributed by atoms with van der Waals surface area (Å²) in [6, 6.07) is 26.5. The highest BCUT2D eigenvalue weighted by Crippen LogP contribution is 2.31. The van der Waals surface area contributed by atoms with Gasteiger partial charge in [-0.15, -0.1) is 51.9 Å². The highest BCUT2D eigenvalue weighted by molar-refractivity contribution is 7.98. The Morgan fingerprint density at radius 3 is 1.40 bits per heavy atom. The Labute approximate surface area is 439 Å². The normalized spacial score (nSPS) is 10.4. The van der Waals surface area contributed by atoms with Crippen LogP contribution in [-0.4, -0.2) is 93.3 Å². The van der Waals surface area contributed by atoms with Crippen molar-refractivity contribution in [2.24, 2.45) is 0 Å². The largest absolute Gasteiger partial charge is 1.00 e. The minimum absolute atomic E-state index is 0. The van der Waals surface area contributed by atoms with Crippen LogP contribution in [-0.2, 0) is 9.84 Å². The molecule has 0 fully saturated rings. The lowest BCUT2D eigenvalue weighted by atomic mass is 10.3.